The lowest BCUT2D eigenvalue weighted by molar-refractivity contribution is -0.154. The molecule has 3 N–H and O–H groups in total. The van der Waals surface area contributed by atoms with E-state index < -0.39 is 24.0 Å². The molecule has 1 saturated heterocycles. The molecule has 3 aliphatic rings. The summed E-state index contributed by atoms with van der Waals surface area (Å²) in [4.78, 5) is 25.6. The molecular weight excluding hydrogens is 499 g/mol. The lowest BCUT2D eigenvalue weighted by atomic mass is 9.93. The molecule has 2 aliphatic carbocycles. The number of aryl methyl sites for hydroxylation is 2. The molecular formula is C26H34F3N7O2. The highest BCUT2D eigenvalue weighted by Gasteiger charge is 2.43. The van der Waals surface area contributed by atoms with Crippen molar-refractivity contribution in [1.29, 1.82) is 0 Å². The molecule has 0 spiro atoms. The first-order valence-corrected chi connectivity index (χ1v) is 13.0. The van der Waals surface area contributed by atoms with E-state index in [0.29, 0.717) is 12.2 Å². The predicted molar refractivity (Wildman–Crippen MR) is 134 cm³/mol. The molecule has 3 aromatic heterocycles. The molecule has 12 heteroatoms. The van der Waals surface area contributed by atoms with Crippen LogP contribution in [0.5, 0.6) is 0 Å². The molecule has 9 nitrogen and oxygen atoms in total. The van der Waals surface area contributed by atoms with Gasteiger partial charge in [-0.25, -0.2) is 9.50 Å². The maximum Gasteiger partial charge on any atom is 0.408 e. The Morgan fingerprint density at radius 2 is 1.87 bits per heavy atom. The van der Waals surface area contributed by atoms with Gasteiger partial charge in [0.2, 0.25) is 5.91 Å². The second kappa shape index (κ2) is 11.5. The summed E-state index contributed by atoms with van der Waals surface area (Å²) in [5, 5.41) is 10.1. The fourth-order valence-electron chi connectivity index (χ4n) is 4.78. The minimum Gasteiger partial charge on any atom is -0.364 e. The van der Waals surface area contributed by atoms with Crippen molar-refractivity contribution in [3.8, 4) is 0 Å². The summed E-state index contributed by atoms with van der Waals surface area (Å²) in [5.41, 5.74) is 8.91. The number of primary amides is 1. The molecule has 2 saturated carbocycles. The van der Waals surface area contributed by atoms with Crippen LogP contribution in [-0.2, 0) is 17.8 Å². The number of amides is 2. The number of alkyl halides is 3. The van der Waals surface area contributed by atoms with Gasteiger partial charge in [-0.2, -0.15) is 23.4 Å². The van der Waals surface area contributed by atoms with Crippen LogP contribution in [0.2, 0.25) is 0 Å². The number of fused-ring (bicyclic) bond motifs is 1. The van der Waals surface area contributed by atoms with Gasteiger partial charge in [-0.3, -0.25) is 14.3 Å². The monoisotopic (exact) mass is 533 g/mol. The smallest absolute Gasteiger partial charge is 0.364 e. The van der Waals surface area contributed by atoms with E-state index in [1.54, 1.807) is 16.9 Å². The maximum absolute atomic E-state index is 11.7. The van der Waals surface area contributed by atoms with Gasteiger partial charge in [-0.05, 0) is 87.8 Å². The molecule has 3 fully saturated rings. The number of nitrogens with one attached hydrogen (secondary N) is 1. The summed E-state index contributed by atoms with van der Waals surface area (Å²) in [7, 11) is 0. The third kappa shape index (κ3) is 7.32. The van der Waals surface area contributed by atoms with E-state index in [4.69, 9.17) is 10.7 Å². The highest BCUT2D eigenvalue weighted by atomic mass is 19.4. The minimum atomic E-state index is -4.27. The van der Waals surface area contributed by atoms with Crippen LogP contribution < -0.4 is 11.1 Å². The quantitative estimate of drug-likeness (QED) is 0.499. The summed E-state index contributed by atoms with van der Waals surface area (Å²) >= 11 is 0. The Balaban J connectivity index is 0.000000145. The van der Waals surface area contributed by atoms with Gasteiger partial charge in [0.25, 0.3) is 5.91 Å². The number of hydrogen-bond donors (Lipinski definition) is 2. The maximum atomic E-state index is 11.7. The first-order chi connectivity index (χ1) is 18.0. The van der Waals surface area contributed by atoms with Crippen molar-refractivity contribution < 1.29 is 22.8 Å². The van der Waals surface area contributed by atoms with Crippen LogP contribution in [0.15, 0.2) is 30.7 Å². The zero-order valence-corrected chi connectivity index (χ0v) is 21.6. The highest BCUT2D eigenvalue weighted by molar-refractivity contribution is 5.90. The van der Waals surface area contributed by atoms with Crippen molar-refractivity contribution in [3.63, 3.8) is 0 Å². The third-order valence-electron chi connectivity index (χ3n) is 7.07. The van der Waals surface area contributed by atoms with E-state index in [1.165, 1.54) is 36.9 Å². The first-order valence-electron chi connectivity index (χ1n) is 13.0. The lowest BCUT2D eigenvalue weighted by Gasteiger charge is -2.12. The van der Waals surface area contributed by atoms with Crippen LogP contribution in [-0.4, -0.2) is 48.4 Å². The minimum absolute atomic E-state index is 0.00975. The first kappa shape index (κ1) is 27.6. The molecule has 38 heavy (non-hydrogen) atoms. The summed E-state index contributed by atoms with van der Waals surface area (Å²) in [6.45, 7) is 4.64. The Labute approximate surface area is 219 Å². The van der Waals surface area contributed by atoms with Gasteiger partial charge in [-0.15, -0.1) is 0 Å². The molecule has 1 unspecified atom stereocenters. The van der Waals surface area contributed by atoms with Crippen molar-refractivity contribution in [2.75, 3.05) is 0 Å². The summed E-state index contributed by atoms with van der Waals surface area (Å²) in [6.07, 6.45) is 8.14. The van der Waals surface area contributed by atoms with Crippen molar-refractivity contribution in [2.24, 2.45) is 23.5 Å². The van der Waals surface area contributed by atoms with Gasteiger partial charge >= 0.3 is 6.18 Å². The fraction of sp³-hybridized carbons (Fsp3) is 0.577. The van der Waals surface area contributed by atoms with E-state index in [1.807, 2.05) is 23.0 Å². The van der Waals surface area contributed by atoms with Gasteiger partial charge < -0.3 is 11.1 Å². The Hall–Kier alpha value is -3.44. The number of carbonyl (C=O) groups excluding carboxylic acids is 2. The molecule has 2 amide bonds. The summed E-state index contributed by atoms with van der Waals surface area (Å²) in [5.74, 6) is 1.95. The predicted octanol–water partition coefficient (Wildman–Crippen LogP) is 3.85. The molecule has 1 aliphatic heterocycles. The number of hydrogen-bond acceptors (Lipinski definition) is 5. The molecule has 0 bridgehead atoms. The van der Waals surface area contributed by atoms with E-state index in [-0.39, 0.29) is 12.8 Å². The van der Waals surface area contributed by atoms with Crippen LogP contribution in [0.4, 0.5) is 13.2 Å². The van der Waals surface area contributed by atoms with Gasteiger partial charge in [0.05, 0.1) is 18.1 Å². The number of aromatic nitrogens is 5. The number of halogens is 3. The van der Waals surface area contributed by atoms with Crippen LogP contribution in [0, 0.1) is 24.7 Å². The zero-order chi connectivity index (χ0) is 27.4. The molecule has 6 rings (SSSR count). The number of nitrogens with two attached hydrogens (primary N) is 1. The van der Waals surface area contributed by atoms with Crippen LogP contribution in [0.1, 0.15) is 67.2 Å². The van der Waals surface area contributed by atoms with Crippen molar-refractivity contribution in [3.05, 3.63) is 47.7 Å². The van der Waals surface area contributed by atoms with Gasteiger partial charge in [-0.1, -0.05) is 0 Å². The highest BCUT2D eigenvalue weighted by Crippen LogP contribution is 2.50. The average Bonchev–Trinajstić information content (AvgIpc) is 3.75. The van der Waals surface area contributed by atoms with Crippen molar-refractivity contribution >= 4 is 17.5 Å². The zero-order valence-electron chi connectivity index (χ0n) is 21.6. The van der Waals surface area contributed by atoms with Crippen molar-refractivity contribution in [1.82, 2.24) is 29.7 Å². The SMILES string of the molecule is CCn1nccc1C(N)=O.Cc1cnn2cc(CC(C3CC3)C3CC3)nc2c1.O=C1CCC(C(F)(F)F)N1. The van der Waals surface area contributed by atoms with Gasteiger partial charge in [0.15, 0.2) is 5.65 Å². The summed E-state index contributed by atoms with van der Waals surface area (Å²) < 4.78 is 38.6. The molecule has 3 aromatic rings. The van der Waals surface area contributed by atoms with Gasteiger partial charge in [0.1, 0.15) is 11.7 Å². The largest absolute Gasteiger partial charge is 0.408 e. The van der Waals surface area contributed by atoms with Gasteiger partial charge in [0, 0.05) is 19.2 Å². The Morgan fingerprint density at radius 3 is 2.34 bits per heavy atom. The Morgan fingerprint density at radius 1 is 1.18 bits per heavy atom. The van der Waals surface area contributed by atoms with Crippen LogP contribution in [0.3, 0.4) is 0 Å². The van der Waals surface area contributed by atoms with E-state index >= 15 is 0 Å². The van der Waals surface area contributed by atoms with Crippen LogP contribution >= 0.6 is 0 Å². The molecule has 4 heterocycles. The second-order valence-electron chi connectivity index (χ2n) is 10.2. The Bertz CT molecular complexity index is 1250. The summed E-state index contributed by atoms with van der Waals surface area (Å²) in [6, 6.07) is 2.10. The normalized spacial score (nSPS) is 19.0. The molecule has 0 aromatic carbocycles. The number of carbonyl (C=O) groups is 2. The molecule has 0 radical (unpaired) electrons. The van der Waals surface area contributed by atoms with Crippen LogP contribution in [0.25, 0.3) is 5.65 Å². The number of nitrogens with zero attached hydrogens (tertiary/aromatic N) is 5. The molecule has 206 valence electrons. The fourth-order valence-corrected chi connectivity index (χ4v) is 4.78. The molecule has 1 atom stereocenters. The van der Waals surface area contributed by atoms with E-state index in [0.717, 1.165) is 29.8 Å². The number of rotatable bonds is 6. The number of imidazole rings is 1. The average molecular weight is 534 g/mol. The van der Waals surface area contributed by atoms with E-state index in [2.05, 4.69) is 29.4 Å². The second-order valence-corrected chi connectivity index (χ2v) is 10.2. The van der Waals surface area contributed by atoms with Crippen molar-refractivity contribution in [2.45, 2.75) is 77.6 Å². The lowest BCUT2D eigenvalue weighted by Crippen LogP contribution is -2.38. The third-order valence-corrected chi connectivity index (χ3v) is 7.07. The van der Waals surface area contributed by atoms with E-state index in [9.17, 15) is 22.8 Å². The topological polar surface area (TPSA) is 120 Å². The standard InChI is InChI=1S/C15H19N3.C6H9N3O.C5H6F3NO/c1-10-6-15-17-13(9-18(15)16-8-10)7-14(11-2-3-11)12-4-5-12;1-2-9-5(6(7)10)3-4-8-9;6-5(7,8)3-1-2-4(10)9-3/h6,8-9,11-12,14H,2-5,7H2,1H3;3-4H,2H2,1H3,(H2,7,10);3H,1-2H2,(H,9,10). The Kier molecular flexibility index (Phi) is 8.37.